The van der Waals surface area contributed by atoms with Crippen molar-refractivity contribution in [2.45, 2.75) is 38.0 Å². The van der Waals surface area contributed by atoms with Gasteiger partial charge in [-0.15, -0.1) is 0 Å². The molecule has 1 aliphatic heterocycles. The summed E-state index contributed by atoms with van der Waals surface area (Å²) in [6, 6.07) is 0. The molecule has 0 bridgehead atoms. The minimum absolute atomic E-state index is 0.169. The van der Waals surface area contributed by atoms with Gasteiger partial charge in [-0.25, -0.2) is 4.39 Å². The van der Waals surface area contributed by atoms with E-state index in [0.29, 0.717) is 13.0 Å². The molecule has 1 saturated heterocycles. The van der Waals surface area contributed by atoms with Crippen molar-refractivity contribution in [1.82, 2.24) is 5.32 Å². The molecule has 1 N–H and O–H groups in total. The Balaban J connectivity index is 2.11. The molecule has 2 atom stereocenters. The second-order valence-electron chi connectivity index (χ2n) is 3.38. The molecule has 0 aromatic heterocycles. The predicted octanol–water partition coefficient (Wildman–Crippen LogP) is 1.50. The van der Waals surface area contributed by atoms with Crippen LogP contribution in [0.25, 0.3) is 0 Å². The van der Waals surface area contributed by atoms with Gasteiger partial charge >= 0.3 is 0 Å². The summed E-state index contributed by atoms with van der Waals surface area (Å²) in [6.45, 7) is 1.26. The Morgan fingerprint density at radius 1 is 1.58 bits per heavy atom. The van der Waals surface area contributed by atoms with Crippen molar-refractivity contribution in [3.8, 4) is 0 Å². The van der Waals surface area contributed by atoms with Gasteiger partial charge in [-0.2, -0.15) is 0 Å². The van der Waals surface area contributed by atoms with Gasteiger partial charge in [0.1, 0.15) is 6.17 Å². The Morgan fingerprint density at radius 3 is 3.00 bits per heavy atom. The monoisotopic (exact) mass is 175 g/mol. The molecular formula is C9H18FNO. The molecule has 0 spiro atoms. The number of ether oxygens (including phenoxy) is 1. The molecule has 1 rings (SSSR count). The molecule has 2 nitrogen and oxygen atoms in total. The Bertz CT molecular complexity index is 115. The van der Waals surface area contributed by atoms with Crippen LogP contribution in [-0.4, -0.2) is 32.5 Å². The van der Waals surface area contributed by atoms with Gasteiger partial charge in [-0.3, -0.25) is 0 Å². The Hall–Kier alpha value is -0.150. The van der Waals surface area contributed by atoms with Crippen LogP contribution in [0.5, 0.6) is 0 Å². The standard InChI is InChI=1S/C9H18FNO/c1-11-7-8(10)6-9-4-2-3-5-12-9/h8-9,11H,2-7H2,1H3/t8-,9-/m1/s1. The first-order chi connectivity index (χ1) is 5.83. The predicted molar refractivity (Wildman–Crippen MR) is 47.0 cm³/mol. The summed E-state index contributed by atoms with van der Waals surface area (Å²) in [6.07, 6.45) is 3.33. The number of rotatable bonds is 4. The zero-order valence-corrected chi connectivity index (χ0v) is 7.68. The van der Waals surface area contributed by atoms with Gasteiger partial charge in [0, 0.05) is 19.6 Å². The van der Waals surface area contributed by atoms with Crippen molar-refractivity contribution in [2.24, 2.45) is 0 Å². The van der Waals surface area contributed by atoms with E-state index in [1.165, 1.54) is 6.42 Å². The maximum atomic E-state index is 13.0. The van der Waals surface area contributed by atoms with Gasteiger partial charge in [-0.1, -0.05) is 0 Å². The maximum absolute atomic E-state index is 13.0. The van der Waals surface area contributed by atoms with E-state index in [9.17, 15) is 4.39 Å². The molecule has 0 aliphatic carbocycles. The second kappa shape index (κ2) is 5.49. The van der Waals surface area contributed by atoms with Crippen molar-refractivity contribution >= 4 is 0 Å². The lowest BCUT2D eigenvalue weighted by molar-refractivity contribution is -0.00206. The highest BCUT2D eigenvalue weighted by Crippen LogP contribution is 2.17. The fourth-order valence-corrected chi connectivity index (χ4v) is 1.58. The molecule has 0 aromatic carbocycles. The third kappa shape index (κ3) is 3.50. The van der Waals surface area contributed by atoms with E-state index in [2.05, 4.69) is 5.32 Å². The van der Waals surface area contributed by atoms with E-state index in [-0.39, 0.29) is 6.10 Å². The molecule has 12 heavy (non-hydrogen) atoms. The molecule has 1 heterocycles. The molecule has 72 valence electrons. The number of alkyl halides is 1. The van der Waals surface area contributed by atoms with Gasteiger partial charge in [0.25, 0.3) is 0 Å². The van der Waals surface area contributed by atoms with Gasteiger partial charge in [-0.05, 0) is 26.3 Å². The summed E-state index contributed by atoms with van der Waals surface area (Å²) in [7, 11) is 1.77. The average Bonchev–Trinajstić information content (AvgIpc) is 2.06. The van der Waals surface area contributed by atoms with E-state index < -0.39 is 6.17 Å². The minimum Gasteiger partial charge on any atom is -0.378 e. The van der Waals surface area contributed by atoms with Crippen LogP contribution < -0.4 is 5.32 Å². The van der Waals surface area contributed by atoms with Crippen LogP contribution in [0.2, 0.25) is 0 Å². The fraction of sp³-hybridized carbons (Fsp3) is 1.00. The normalized spacial score (nSPS) is 27.0. The van der Waals surface area contributed by atoms with E-state index in [0.717, 1.165) is 19.4 Å². The number of hydrogen-bond donors (Lipinski definition) is 1. The summed E-state index contributed by atoms with van der Waals surface area (Å²) in [4.78, 5) is 0. The zero-order chi connectivity index (χ0) is 8.81. The molecule has 1 fully saturated rings. The van der Waals surface area contributed by atoms with Gasteiger partial charge in [0.2, 0.25) is 0 Å². The van der Waals surface area contributed by atoms with E-state index in [4.69, 9.17) is 4.74 Å². The largest absolute Gasteiger partial charge is 0.378 e. The van der Waals surface area contributed by atoms with Gasteiger partial charge < -0.3 is 10.1 Å². The summed E-state index contributed by atoms with van der Waals surface area (Å²) in [5, 5.41) is 2.83. The Kier molecular flexibility index (Phi) is 4.54. The molecule has 3 heteroatoms. The summed E-state index contributed by atoms with van der Waals surface area (Å²) in [5.41, 5.74) is 0. The molecular weight excluding hydrogens is 157 g/mol. The van der Waals surface area contributed by atoms with E-state index >= 15 is 0 Å². The van der Waals surface area contributed by atoms with Crippen molar-refractivity contribution in [1.29, 1.82) is 0 Å². The average molecular weight is 175 g/mol. The summed E-state index contributed by atoms with van der Waals surface area (Å²) < 4.78 is 18.5. The molecule has 1 aliphatic rings. The topological polar surface area (TPSA) is 21.3 Å². The first kappa shape index (κ1) is 9.93. The van der Waals surface area contributed by atoms with Crippen LogP contribution in [0.15, 0.2) is 0 Å². The molecule has 0 saturated carbocycles. The highest BCUT2D eigenvalue weighted by atomic mass is 19.1. The van der Waals surface area contributed by atoms with Gasteiger partial charge in [0.15, 0.2) is 0 Å². The zero-order valence-electron chi connectivity index (χ0n) is 7.68. The molecule has 0 unspecified atom stereocenters. The minimum atomic E-state index is -0.752. The van der Waals surface area contributed by atoms with Crippen molar-refractivity contribution < 1.29 is 9.13 Å². The lowest BCUT2D eigenvalue weighted by Crippen LogP contribution is -2.28. The van der Waals surface area contributed by atoms with Crippen molar-refractivity contribution in [2.75, 3.05) is 20.2 Å². The Morgan fingerprint density at radius 2 is 2.42 bits per heavy atom. The van der Waals surface area contributed by atoms with Crippen molar-refractivity contribution in [3.63, 3.8) is 0 Å². The lowest BCUT2D eigenvalue weighted by atomic mass is 10.0. The number of nitrogens with one attached hydrogen (secondary N) is 1. The van der Waals surface area contributed by atoms with Crippen LogP contribution in [0.1, 0.15) is 25.7 Å². The summed E-state index contributed by atoms with van der Waals surface area (Å²) in [5.74, 6) is 0. The first-order valence-electron chi connectivity index (χ1n) is 4.73. The highest BCUT2D eigenvalue weighted by Gasteiger charge is 2.18. The highest BCUT2D eigenvalue weighted by molar-refractivity contribution is 4.69. The molecule has 0 radical (unpaired) electrons. The first-order valence-corrected chi connectivity index (χ1v) is 4.73. The molecule has 0 amide bonds. The van der Waals surface area contributed by atoms with Crippen molar-refractivity contribution in [3.05, 3.63) is 0 Å². The second-order valence-corrected chi connectivity index (χ2v) is 3.38. The molecule has 0 aromatic rings. The maximum Gasteiger partial charge on any atom is 0.115 e. The quantitative estimate of drug-likeness (QED) is 0.699. The number of halogens is 1. The fourth-order valence-electron chi connectivity index (χ4n) is 1.58. The number of hydrogen-bond acceptors (Lipinski definition) is 2. The van der Waals surface area contributed by atoms with Crippen LogP contribution in [-0.2, 0) is 4.74 Å². The third-order valence-corrected chi connectivity index (χ3v) is 2.22. The van der Waals surface area contributed by atoms with Crippen LogP contribution >= 0.6 is 0 Å². The van der Waals surface area contributed by atoms with Gasteiger partial charge in [0.05, 0.1) is 6.10 Å². The lowest BCUT2D eigenvalue weighted by Gasteiger charge is -2.23. The third-order valence-electron chi connectivity index (χ3n) is 2.22. The van der Waals surface area contributed by atoms with E-state index in [1.54, 1.807) is 7.05 Å². The summed E-state index contributed by atoms with van der Waals surface area (Å²) >= 11 is 0. The smallest absolute Gasteiger partial charge is 0.115 e. The SMILES string of the molecule is CNC[C@H](F)C[C@H]1CCCCO1. The van der Waals surface area contributed by atoms with E-state index in [1.807, 2.05) is 0 Å². The van der Waals surface area contributed by atoms with Crippen LogP contribution in [0.3, 0.4) is 0 Å². The van der Waals surface area contributed by atoms with Crippen LogP contribution in [0, 0.1) is 0 Å². The van der Waals surface area contributed by atoms with Crippen LogP contribution in [0.4, 0.5) is 4.39 Å². The Labute approximate surface area is 73.5 Å².